The highest BCUT2D eigenvalue weighted by Gasteiger charge is 2.00. The monoisotopic (exact) mass is 515 g/mol. The molecule has 0 aliphatic rings. The summed E-state index contributed by atoms with van der Waals surface area (Å²) in [5, 5.41) is 24.1. The van der Waals surface area contributed by atoms with E-state index in [1.165, 1.54) is 30.6 Å². The van der Waals surface area contributed by atoms with Crippen molar-refractivity contribution < 1.29 is 29.4 Å². The van der Waals surface area contributed by atoms with Crippen LogP contribution in [-0.4, -0.2) is 39.9 Å². The summed E-state index contributed by atoms with van der Waals surface area (Å²) in [5.41, 5.74) is 10.3. The van der Waals surface area contributed by atoms with Crippen molar-refractivity contribution in [2.45, 2.75) is 11.5 Å². The van der Waals surface area contributed by atoms with Crippen LogP contribution in [0.15, 0.2) is 53.4 Å². The number of nitrogens with two attached hydrogens (primary N) is 2. The lowest BCUT2D eigenvalue weighted by molar-refractivity contribution is -0.763. The predicted octanol–water partition coefficient (Wildman–Crippen LogP) is 2.96. The Morgan fingerprint density at radius 3 is 2.39 bits per heavy atom. The molecule has 0 fully saturated rings. The number of methoxy groups -OCH3 is 1. The lowest BCUT2D eigenvalue weighted by atomic mass is 10.2. The number of anilines is 1. The molecule has 0 aliphatic heterocycles. The zero-order valence-corrected chi connectivity index (χ0v) is 19.6. The van der Waals surface area contributed by atoms with Gasteiger partial charge in [0.1, 0.15) is 12.4 Å². The van der Waals surface area contributed by atoms with Crippen LogP contribution in [0.4, 0.5) is 5.13 Å². The number of nitrogens with one attached hydrogen (secondary N) is 1. The van der Waals surface area contributed by atoms with Gasteiger partial charge in [0.25, 0.3) is 5.09 Å². The van der Waals surface area contributed by atoms with Crippen LogP contribution in [0.5, 0.6) is 5.75 Å². The van der Waals surface area contributed by atoms with Crippen LogP contribution in [0, 0.1) is 14.1 Å². The minimum atomic E-state index is -0.920. The van der Waals surface area contributed by atoms with Crippen molar-refractivity contribution in [3.05, 3.63) is 73.7 Å². The number of hydrogen-bond acceptors (Lipinski definition) is 11. The number of hydrogen-bond donors (Lipinski definition) is 5. The average molecular weight is 516 g/mol. The summed E-state index contributed by atoms with van der Waals surface area (Å²) < 4.78 is 5.56. The number of nitrogen functional groups attached to an aromatic ring is 1. The highest BCUT2D eigenvalue weighted by molar-refractivity contribution is 7.80. The van der Waals surface area contributed by atoms with Gasteiger partial charge in [-0.3, -0.25) is 9.89 Å². The van der Waals surface area contributed by atoms with E-state index in [1.807, 2.05) is 0 Å². The molecule has 2 aromatic carbocycles. The van der Waals surface area contributed by atoms with E-state index in [4.69, 9.17) is 20.4 Å². The van der Waals surface area contributed by atoms with Gasteiger partial charge < -0.3 is 26.1 Å². The normalized spacial score (nSPS) is 8.79. The number of carbonyl (C=O) groups excluding carboxylic acids is 1. The molecule has 1 heterocycles. The Bertz CT molecular complexity index is 1080. The minimum Gasteiger partial charge on any atom is -0.497 e. The molecule has 178 valence electrons. The van der Waals surface area contributed by atoms with Crippen LogP contribution in [0.3, 0.4) is 0 Å². The maximum absolute atomic E-state index is 10.3. The van der Waals surface area contributed by atoms with Crippen molar-refractivity contribution >= 4 is 53.7 Å². The lowest BCUT2D eigenvalue weighted by Crippen LogP contribution is -2.00. The van der Waals surface area contributed by atoms with E-state index >= 15 is 0 Å². The van der Waals surface area contributed by atoms with Crippen LogP contribution < -0.4 is 16.2 Å². The highest BCUT2D eigenvalue weighted by Crippen LogP contribution is 2.13. The largest absolute Gasteiger partial charge is 0.497 e. The van der Waals surface area contributed by atoms with Gasteiger partial charge in [0.05, 0.1) is 12.7 Å². The summed E-state index contributed by atoms with van der Waals surface area (Å²) in [5.74, 6) is -0.264. The Morgan fingerprint density at radius 2 is 2.00 bits per heavy atom. The number of aromatic nitrogens is 2. The Labute approximate surface area is 202 Å². The van der Waals surface area contributed by atoms with Crippen molar-refractivity contribution in [3.8, 4) is 5.75 Å². The molecule has 0 aliphatic carbocycles. The second-order valence-corrected chi connectivity index (χ2v) is 7.51. The van der Waals surface area contributed by atoms with E-state index in [0.29, 0.717) is 25.3 Å². The van der Waals surface area contributed by atoms with Crippen molar-refractivity contribution in [3.63, 3.8) is 0 Å². The van der Waals surface area contributed by atoms with Gasteiger partial charge in [0, 0.05) is 4.90 Å². The number of amides is 1. The van der Waals surface area contributed by atoms with Gasteiger partial charge in [-0.05, 0) is 48.1 Å². The summed E-state index contributed by atoms with van der Waals surface area (Å²) in [6.45, 7) is -0.0514. The molecule has 3 rings (SSSR count). The number of carboxylic acid groups (broad SMARTS) is 1. The maximum Gasteiger partial charge on any atom is 0.335 e. The second-order valence-electron chi connectivity index (χ2n) is 5.29. The fourth-order valence-corrected chi connectivity index (χ4v) is 2.67. The highest BCUT2D eigenvalue weighted by atomic mass is 32.1. The number of benzene rings is 2. The van der Waals surface area contributed by atoms with E-state index in [-0.39, 0.29) is 18.6 Å². The van der Waals surface area contributed by atoms with E-state index in [2.05, 4.69) is 45.6 Å². The van der Waals surface area contributed by atoms with Gasteiger partial charge >= 0.3 is 5.97 Å². The first kappa shape index (κ1) is 29.3. The smallest absolute Gasteiger partial charge is 0.335 e. The molecule has 0 bridgehead atoms. The molecule has 6 N–H and O–H groups in total. The number of primary amides is 1. The third kappa shape index (κ3) is 14.9. The third-order valence-electron chi connectivity index (χ3n) is 3.02. The summed E-state index contributed by atoms with van der Waals surface area (Å²) in [6.07, 6.45) is 0.250. The summed E-state index contributed by atoms with van der Waals surface area (Å²) in [4.78, 5) is 33.6. The van der Waals surface area contributed by atoms with Gasteiger partial charge in [-0.1, -0.05) is 29.5 Å². The quantitative estimate of drug-likeness (QED) is 0.111. The average Bonchev–Trinajstić information content (AvgIpc) is 3.16. The third-order valence-corrected chi connectivity index (χ3v) is 4.22. The number of aromatic amines is 1. The van der Waals surface area contributed by atoms with Gasteiger partial charge in [0.15, 0.2) is 3.95 Å². The number of thiol groups is 1. The molecule has 33 heavy (non-hydrogen) atoms. The lowest BCUT2D eigenvalue weighted by Gasteiger charge is -2.02. The van der Waals surface area contributed by atoms with E-state index in [0.717, 1.165) is 0 Å². The standard InChI is InChI=1S/C8H9NO4.C7H6O2S.C2H3N3S2.CH3NO/c1-12-8-4-2-3-7(5-8)6-13-9(10)11;8-7(9)5-2-1-3-6(10)4-5;3-1-4-5-2(6)7-1;2-1-3/h2-5H,6H2,1H3;1-4,10H,(H,8,9);(H2,3,4)(H,5,6);1H,(H2,2,3). The number of aromatic carboxylic acids is 1. The second kappa shape index (κ2) is 16.9. The SMILES string of the molecule is COc1cccc(CO[N+](=O)[O-])c1.NC=O.Nc1n[nH]c(=S)s1.O=C(O)c1cccc(S)c1. The van der Waals surface area contributed by atoms with Crippen LogP contribution >= 0.6 is 36.2 Å². The number of rotatable bonds is 5. The minimum absolute atomic E-state index is 0.0514. The Balaban J connectivity index is 0.000000455. The van der Waals surface area contributed by atoms with Crippen molar-refractivity contribution in [1.29, 1.82) is 0 Å². The molecular formula is C18H21N5O7S3. The number of carbonyl (C=O) groups is 2. The van der Waals surface area contributed by atoms with E-state index in [1.54, 1.807) is 36.4 Å². The van der Waals surface area contributed by atoms with Crippen LogP contribution in [0.1, 0.15) is 15.9 Å². The molecular weight excluding hydrogens is 494 g/mol. The first-order valence-corrected chi connectivity index (χ1v) is 10.2. The van der Waals surface area contributed by atoms with Gasteiger partial charge in [-0.2, -0.15) is 0 Å². The van der Waals surface area contributed by atoms with Gasteiger partial charge in [0.2, 0.25) is 11.5 Å². The van der Waals surface area contributed by atoms with Crippen LogP contribution in [-0.2, 0) is 16.2 Å². The van der Waals surface area contributed by atoms with Crippen molar-refractivity contribution in [2.75, 3.05) is 12.8 Å². The summed E-state index contributed by atoms with van der Waals surface area (Å²) in [6, 6.07) is 13.3. The summed E-state index contributed by atoms with van der Waals surface area (Å²) in [7, 11) is 1.54. The molecule has 0 unspecified atom stereocenters. The molecule has 0 saturated carbocycles. The Hall–Kier alpha value is -3.69. The number of nitrogens with zero attached hydrogens (tertiary/aromatic N) is 2. The summed E-state index contributed by atoms with van der Waals surface area (Å²) >= 11 is 9.91. The van der Waals surface area contributed by atoms with Crippen molar-refractivity contribution in [2.24, 2.45) is 5.73 Å². The fourth-order valence-electron chi connectivity index (χ4n) is 1.77. The first-order valence-electron chi connectivity index (χ1n) is 8.51. The molecule has 0 spiro atoms. The molecule has 12 nitrogen and oxygen atoms in total. The number of carboxylic acids is 1. The number of H-pyrrole nitrogens is 1. The van der Waals surface area contributed by atoms with Gasteiger partial charge in [-0.25, -0.2) is 4.79 Å². The van der Waals surface area contributed by atoms with Gasteiger partial charge in [-0.15, -0.1) is 27.8 Å². The topological polar surface area (TPSA) is 197 Å². The maximum atomic E-state index is 10.3. The van der Waals surface area contributed by atoms with E-state index in [9.17, 15) is 14.9 Å². The molecule has 3 aromatic rings. The van der Waals surface area contributed by atoms with Crippen LogP contribution in [0.25, 0.3) is 0 Å². The zero-order valence-electron chi connectivity index (χ0n) is 17.1. The molecule has 1 amide bonds. The Kier molecular flexibility index (Phi) is 15.0. The van der Waals surface area contributed by atoms with Crippen molar-refractivity contribution in [1.82, 2.24) is 10.2 Å². The molecule has 15 heteroatoms. The zero-order chi connectivity index (χ0) is 25.2. The fraction of sp³-hybridized carbons (Fsp3) is 0.111. The predicted molar refractivity (Wildman–Crippen MR) is 127 cm³/mol. The Morgan fingerprint density at radius 1 is 1.36 bits per heavy atom. The molecule has 1 aromatic heterocycles. The molecule has 0 saturated heterocycles. The molecule has 0 radical (unpaired) electrons. The van der Waals surface area contributed by atoms with E-state index < -0.39 is 11.1 Å². The van der Waals surface area contributed by atoms with Crippen LogP contribution in [0.2, 0.25) is 0 Å². The first-order chi connectivity index (χ1) is 15.6. The number of ether oxygens (including phenoxy) is 1. The molecule has 0 atom stereocenters.